The van der Waals surface area contributed by atoms with Crippen LogP contribution in [0.2, 0.25) is 5.02 Å². The Bertz CT molecular complexity index is 667. The van der Waals surface area contributed by atoms with Gasteiger partial charge in [-0.05, 0) is 36.9 Å². The Balaban J connectivity index is 2.20. The Morgan fingerprint density at radius 1 is 1.18 bits per heavy atom. The molecule has 0 unspecified atom stereocenters. The minimum atomic E-state index is -0.370. The number of rotatable bonds is 6. The molecule has 2 aromatic rings. The summed E-state index contributed by atoms with van der Waals surface area (Å²) in [6, 6.07) is 7.98. The number of hydrogen-bond acceptors (Lipinski definition) is 3. The monoisotopic (exact) mass is 387 g/mol. The second-order valence-electron chi connectivity index (χ2n) is 4.65. The van der Waals surface area contributed by atoms with Crippen molar-refractivity contribution < 1.29 is 13.9 Å². The maximum Gasteiger partial charge on any atom is 0.162 e. The lowest BCUT2D eigenvalue weighted by atomic mass is 10.2. The van der Waals surface area contributed by atoms with Gasteiger partial charge >= 0.3 is 0 Å². The third-order valence-corrected chi connectivity index (χ3v) is 4.19. The molecule has 0 saturated heterocycles. The van der Waals surface area contributed by atoms with Crippen molar-refractivity contribution in [2.45, 2.75) is 13.2 Å². The van der Waals surface area contributed by atoms with Gasteiger partial charge in [-0.2, -0.15) is 0 Å². The van der Waals surface area contributed by atoms with Crippen LogP contribution in [0.25, 0.3) is 0 Å². The fourth-order valence-corrected chi connectivity index (χ4v) is 2.65. The average molecular weight is 389 g/mol. The fraction of sp³-hybridized carbons (Fsp3) is 0.250. The SMILES string of the molecule is CNCc1cc(OC)c(OCc2ccc(F)cc2Cl)cc1Br. The van der Waals surface area contributed by atoms with Crippen molar-refractivity contribution in [3.8, 4) is 11.5 Å². The highest BCUT2D eigenvalue weighted by atomic mass is 79.9. The van der Waals surface area contributed by atoms with Gasteiger partial charge < -0.3 is 14.8 Å². The summed E-state index contributed by atoms with van der Waals surface area (Å²) in [6.45, 7) is 0.939. The maximum atomic E-state index is 13.0. The van der Waals surface area contributed by atoms with E-state index in [2.05, 4.69) is 21.2 Å². The van der Waals surface area contributed by atoms with Crippen LogP contribution in [0.4, 0.5) is 4.39 Å². The fourth-order valence-electron chi connectivity index (χ4n) is 1.97. The number of nitrogens with one attached hydrogen (secondary N) is 1. The molecular formula is C16H16BrClFNO2. The molecule has 0 aliphatic carbocycles. The highest BCUT2D eigenvalue weighted by molar-refractivity contribution is 9.10. The molecule has 0 aliphatic rings. The first-order chi connectivity index (χ1) is 10.5. The second-order valence-corrected chi connectivity index (χ2v) is 5.91. The molecule has 1 N–H and O–H groups in total. The van der Waals surface area contributed by atoms with Crippen molar-refractivity contribution in [1.29, 1.82) is 0 Å². The van der Waals surface area contributed by atoms with Gasteiger partial charge in [0, 0.05) is 16.6 Å². The Morgan fingerprint density at radius 3 is 2.59 bits per heavy atom. The van der Waals surface area contributed by atoms with Gasteiger partial charge in [-0.15, -0.1) is 0 Å². The van der Waals surface area contributed by atoms with Crippen molar-refractivity contribution >= 4 is 27.5 Å². The molecule has 0 bridgehead atoms. The summed E-state index contributed by atoms with van der Waals surface area (Å²) >= 11 is 9.51. The van der Waals surface area contributed by atoms with Crippen LogP contribution >= 0.6 is 27.5 Å². The van der Waals surface area contributed by atoms with Gasteiger partial charge in [0.1, 0.15) is 12.4 Å². The van der Waals surface area contributed by atoms with E-state index in [0.717, 1.165) is 10.0 Å². The van der Waals surface area contributed by atoms with Gasteiger partial charge in [-0.3, -0.25) is 0 Å². The highest BCUT2D eigenvalue weighted by Crippen LogP contribution is 2.34. The quantitative estimate of drug-likeness (QED) is 0.787. The molecule has 6 heteroatoms. The van der Waals surface area contributed by atoms with Crippen molar-refractivity contribution in [2.75, 3.05) is 14.2 Å². The number of hydrogen-bond donors (Lipinski definition) is 1. The molecule has 0 spiro atoms. The summed E-state index contributed by atoms with van der Waals surface area (Å²) in [6.07, 6.45) is 0. The molecule has 3 nitrogen and oxygen atoms in total. The minimum Gasteiger partial charge on any atom is -0.493 e. The first-order valence-electron chi connectivity index (χ1n) is 6.63. The Labute approximate surface area is 142 Å². The number of methoxy groups -OCH3 is 1. The van der Waals surface area contributed by atoms with E-state index in [1.54, 1.807) is 13.2 Å². The lowest BCUT2D eigenvalue weighted by Crippen LogP contribution is -2.06. The Hall–Kier alpha value is -1.30. The summed E-state index contributed by atoms with van der Waals surface area (Å²) in [5.41, 5.74) is 1.77. The van der Waals surface area contributed by atoms with Crippen molar-refractivity contribution in [3.63, 3.8) is 0 Å². The summed E-state index contributed by atoms with van der Waals surface area (Å²) in [5, 5.41) is 3.42. The largest absolute Gasteiger partial charge is 0.493 e. The summed E-state index contributed by atoms with van der Waals surface area (Å²) in [5.74, 6) is 0.854. The van der Waals surface area contributed by atoms with Crippen LogP contribution in [0.15, 0.2) is 34.8 Å². The van der Waals surface area contributed by atoms with Crippen LogP contribution in [0, 0.1) is 5.82 Å². The average Bonchev–Trinajstić information content (AvgIpc) is 2.49. The smallest absolute Gasteiger partial charge is 0.162 e. The summed E-state index contributed by atoms with van der Waals surface area (Å²) in [4.78, 5) is 0. The van der Waals surface area contributed by atoms with Crippen LogP contribution in [0.5, 0.6) is 11.5 Å². The standard InChI is InChI=1S/C16H16BrClFNO2/c1-20-8-11-5-15(21-2)16(7-13(11)17)22-9-10-3-4-12(19)6-14(10)18/h3-7,20H,8-9H2,1-2H3. The number of benzene rings is 2. The molecule has 0 atom stereocenters. The van der Waals surface area contributed by atoms with Gasteiger partial charge in [0.2, 0.25) is 0 Å². The molecule has 0 amide bonds. The first kappa shape index (κ1) is 17.1. The molecule has 0 radical (unpaired) electrons. The van der Waals surface area contributed by atoms with E-state index in [1.807, 2.05) is 19.2 Å². The number of ether oxygens (including phenoxy) is 2. The predicted molar refractivity (Wildman–Crippen MR) is 89.2 cm³/mol. The molecule has 0 heterocycles. The number of halogens is 3. The van der Waals surface area contributed by atoms with Gasteiger partial charge in [0.25, 0.3) is 0 Å². The normalized spacial score (nSPS) is 10.6. The molecule has 0 aliphatic heterocycles. The van der Waals surface area contributed by atoms with E-state index in [9.17, 15) is 4.39 Å². The van der Waals surface area contributed by atoms with E-state index in [1.165, 1.54) is 12.1 Å². The van der Waals surface area contributed by atoms with Crippen LogP contribution in [-0.2, 0) is 13.2 Å². The predicted octanol–water partition coefficient (Wildman–Crippen LogP) is 4.55. The van der Waals surface area contributed by atoms with Gasteiger partial charge in [0.05, 0.1) is 12.1 Å². The van der Waals surface area contributed by atoms with E-state index in [0.29, 0.717) is 28.6 Å². The van der Waals surface area contributed by atoms with Gasteiger partial charge in [-0.25, -0.2) is 4.39 Å². The Morgan fingerprint density at radius 2 is 1.95 bits per heavy atom. The topological polar surface area (TPSA) is 30.5 Å². The molecule has 2 aromatic carbocycles. The third-order valence-electron chi connectivity index (χ3n) is 3.10. The Kier molecular flexibility index (Phi) is 6.06. The molecule has 0 saturated carbocycles. The highest BCUT2D eigenvalue weighted by Gasteiger charge is 2.11. The zero-order valence-electron chi connectivity index (χ0n) is 12.3. The summed E-state index contributed by atoms with van der Waals surface area (Å²) < 4.78 is 25.1. The third kappa shape index (κ3) is 4.12. The zero-order valence-corrected chi connectivity index (χ0v) is 14.6. The molecular weight excluding hydrogens is 373 g/mol. The maximum absolute atomic E-state index is 13.0. The van der Waals surface area contributed by atoms with Crippen LogP contribution < -0.4 is 14.8 Å². The van der Waals surface area contributed by atoms with Crippen LogP contribution in [-0.4, -0.2) is 14.2 Å². The molecule has 22 heavy (non-hydrogen) atoms. The van der Waals surface area contributed by atoms with Crippen molar-refractivity contribution in [1.82, 2.24) is 5.32 Å². The van der Waals surface area contributed by atoms with Crippen molar-refractivity contribution in [3.05, 3.63) is 56.8 Å². The lowest BCUT2D eigenvalue weighted by molar-refractivity contribution is 0.284. The van der Waals surface area contributed by atoms with Crippen LogP contribution in [0.1, 0.15) is 11.1 Å². The van der Waals surface area contributed by atoms with Crippen LogP contribution in [0.3, 0.4) is 0 Å². The van der Waals surface area contributed by atoms with Gasteiger partial charge in [0.15, 0.2) is 11.5 Å². The first-order valence-corrected chi connectivity index (χ1v) is 7.80. The molecule has 0 fully saturated rings. The molecule has 0 aromatic heterocycles. The van der Waals surface area contributed by atoms with Gasteiger partial charge in [-0.1, -0.05) is 33.6 Å². The van der Waals surface area contributed by atoms with E-state index >= 15 is 0 Å². The molecule has 118 valence electrons. The zero-order chi connectivity index (χ0) is 16.1. The van der Waals surface area contributed by atoms with E-state index in [4.69, 9.17) is 21.1 Å². The van der Waals surface area contributed by atoms with E-state index < -0.39 is 0 Å². The van der Waals surface area contributed by atoms with Crippen molar-refractivity contribution in [2.24, 2.45) is 0 Å². The minimum absolute atomic E-state index is 0.229. The summed E-state index contributed by atoms with van der Waals surface area (Å²) in [7, 11) is 3.46. The van der Waals surface area contributed by atoms with E-state index in [-0.39, 0.29) is 12.4 Å². The second kappa shape index (κ2) is 7.81. The molecule has 2 rings (SSSR count). The lowest BCUT2D eigenvalue weighted by Gasteiger charge is -2.14.